The molecule has 2 heterocycles. The number of halogens is 2. The first-order valence-corrected chi connectivity index (χ1v) is 14.8. The van der Waals surface area contributed by atoms with Crippen molar-refractivity contribution in [1.82, 2.24) is 5.32 Å². The standard InChI is InChI=1S/C32H46F2N2O4/c1-37-17-7-19-39-31(24-9-5-15-35-22-24)28-14-13-26(33)21-30(28)36-16-6-10-25(23-36)32(40-20-8-18-38-2)27-11-3-4-12-29(27)34/h3-4,11-14,21,24-25,31-32,35H,5-10,15-20,22-23H2,1-2H3/t24-,25-,31?,32?/m1/s1. The van der Waals surface area contributed by atoms with Gasteiger partial charge in [-0.3, -0.25) is 0 Å². The van der Waals surface area contributed by atoms with Gasteiger partial charge < -0.3 is 29.2 Å². The molecule has 2 fully saturated rings. The molecule has 2 aliphatic rings. The Balaban J connectivity index is 1.59. The summed E-state index contributed by atoms with van der Waals surface area (Å²) in [6.45, 7) is 5.65. The van der Waals surface area contributed by atoms with Crippen LogP contribution >= 0.6 is 0 Å². The van der Waals surface area contributed by atoms with Gasteiger partial charge >= 0.3 is 0 Å². The third kappa shape index (κ3) is 8.46. The minimum Gasteiger partial charge on any atom is -0.385 e. The van der Waals surface area contributed by atoms with E-state index >= 15 is 0 Å². The van der Waals surface area contributed by atoms with Crippen molar-refractivity contribution >= 4 is 5.69 Å². The molecular formula is C32H46F2N2O4. The average Bonchev–Trinajstić information content (AvgIpc) is 2.99. The fraction of sp³-hybridized carbons (Fsp3) is 0.625. The second-order valence-corrected chi connectivity index (χ2v) is 11.0. The highest BCUT2D eigenvalue weighted by Crippen LogP contribution is 2.41. The molecule has 0 aliphatic carbocycles. The van der Waals surface area contributed by atoms with Crippen LogP contribution in [0.15, 0.2) is 42.5 Å². The molecule has 0 aromatic heterocycles. The van der Waals surface area contributed by atoms with Crippen LogP contribution in [-0.4, -0.2) is 66.8 Å². The van der Waals surface area contributed by atoms with Crippen LogP contribution < -0.4 is 10.2 Å². The van der Waals surface area contributed by atoms with Crippen molar-refractivity contribution in [2.45, 2.75) is 50.7 Å². The van der Waals surface area contributed by atoms with Gasteiger partial charge in [0.05, 0.1) is 12.2 Å². The Morgan fingerprint density at radius 2 is 1.55 bits per heavy atom. The van der Waals surface area contributed by atoms with Gasteiger partial charge in [-0.05, 0) is 63.3 Å². The van der Waals surface area contributed by atoms with Gasteiger partial charge in [-0.25, -0.2) is 8.78 Å². The fourth-order valence-electron chi connectivity index (χ4n) is 6.14. The van der Waals surface area contributed by atoms with Crippen molar-refractivity contribution in [2.24, 2.45) is 11.8 Å². The first kappa shape index (κ1) is 30.8. The van der Waals surface area contributed by atoms with Crippen LogP contribution in [0.5, 0.6) is 0 Å². The van der Waals surface area contributed by atoms with Gasteiger partial charge in [0.1, 0.15) is 11.6 Å². The second kappa shape index (κ2) is 16.4. The first-order chi connectivity index (χ1) is 19.6. The third-order valence-corrected chi connectivity index (χ3v) is 8.08. The van der Waals surface area contributed by atoms with E-state index < -0.39 is 0 Å². The minimum atomic E-state index is -0.387. The molecule has 0 amide bonds. The van der Waals surface area contributed by atoms with E-state index in [-0.39, 0.29) is 29.8 Å². The predicted molar refractivity (Wildman–Crippen MR) is 154 cm³/mol. The second-order valence-electron chi connectivity index (χ2n) is 11.0. The molecule has 2 unspecified atom stereocenters. The molecule has 2 saturated heterocycles. The Labute approximate surface area is 238 Å². The van der Waals surface area contributed by atoms with Crippen LogP contribution in [-0.2, 0) is 18.9 Å². The van der Waals surface area contributed by atoms with E-state index in [1.54, 1.807) is 32.4 Å². The van der Waals surface area contributed by atoms with Crippen molar-refractivity contribution in [3.05, 3.63) is 65.2 Å². The molecule has 2 aromatic carbocycles. The summed E-state index contributed by atoms with van der Waals surface area (Å²) in [5.74, 6) is -0.155. The Kier molecular flexibility index (Phi) is 12.6. The van der Waals surface area contributed by atoms with Gasteiger partial charge in [0, 0.05) is 88.9 Å². The van der Waals surface area contributed by atoms with E-state index in [0.717, 1.165) is 69.4 Å². The summed E-state index contributed by atoms with van der Waals surface area (Å²) in [6.07, 6.45) is 4.99. The number of anilines is 1. The number of nitrogens with one attached hydrogen (secondary N) is 1. The van der Waals surface area contributed by atoms with Gasteiger partial charge in [-0.1, -0.05) is 24.3 Å². The van der Waals surface area contributed by atoms with Gasteiger partial charge in [0.2, 0.25) is 0 Å². The van der Waals surface area contributed by atoms with Crippen LogP contribution in [0.2, 0.25) is 0 Å². The van der Waals surface area contributed by atoms with Crippen LogP contribution in [0.25, 0.3) is 0 Å². The SMILES string of the molecule is COCCCOC(c1ccccc1F)[C@@H]1CCCN(c2cc(F)ccc2C(OCCCOC)[C@@H]2CCCNC2)C1. The zero-order valence-corrected chi connectivity index (χ0v) is 24.1. The molecule has 4 rings (SSSR count). The highest BCUT2D eigenvalue weighted by atomic mass is 19.1. The first-order valence-electron chi connectivity index (χ1n) is 14.8. The molecule has 8 heteroatoms. The molecule has 2 aromatic rings. The topological polar surface area (TPSA) is 52.2 Å². The van der Waals surface area contributed by atoms with E-state index in [2.05, 4.69) is 10.2 Å². The zero-order valence-electron chi connectivity index (χ0n) is 24.1. The maximum Gasteiger partial charge on any atom is 0.129 e. The lowest BCUT2D eigenvalue weighted by molar-refractivity contribution is -0.00666. The van der Waals surface area contributed by atoms with E-state index in [1.165, 1.54) is 6.07 Å². The number of hydrogen-bond donors (Lipinski definition) is 1. The van der Waals surface area contributed by atoms with Crippen LogP contribution in [0.3, 0.4) is 0 Å². The lowest BCUT2D eigenvalue weighted by atomic mass is 9.85. The van der Waals surface area contributed by atoms with Crippen molar-refractivity contribution in [3.63, 3.8) is 0 Å². The number of nitrogens with zero attached hydrogens (tertiary/aromatic N) is 1. The molecule has 0 spiro atoms. The molecule has 4 atom stereocenters. The lowest BCUT2D eigenvalue weighted by Crippen LogP contribution is -2.40. The molecule has 0 radical (unpaired) electrons. The molecular weight excluding hydrogens is 514 g/mol. The molecule has 0 saturated carbocycles. The molecule has 0 bridgehead atoms. The van der Waals surface area contributed by atoms with Gasteiger partial charge in [-0.15, -0.1) is 0 Å². The summed E-state index contributed by atoms with van der Waals surface area (Å²) >= 11 is 0. The summed E-state index contributed by atoms with van der Waals surface area (Å²) in [5, 5.41) is 3.52. The highest BCUT2D eigenvalue weighted by molar-refractivity contribution is 5.56. The summed E-state index contributed by atoms with van der Waals surface area (Å²) in [5.41, 5.74) is 2.48. The Hall–Kier alpha value is -2.10. The molecule has 222 valence electrons. The van der Waals surface area contributed by atoms with Crippen molar-refractivity contribution in [3.8, 4) is 0 Å². The predicted octanol–water partition coefficient (Wildman–Crippen LogP) is 6.07. The van der Waals surface area contributed by atoms with Gasteiger partial charge in [0.25, 0.3) is 0 Å². The van der Waals surface area contributed by atoms with Crippen LogP contribution in [0.1, 0.15) is 61.9 Å². The summed E-state index contributed by atoms with van der Waals surface area (Å²) in [4.78, 5) is 2.26. The van der Waals surface area contributed by atoms with Crippen LogP contribution in [0.4, 0.5) is 14.5 Å². The number of methoxy groups -OCH3 is 2. The highest BCUT2D eigenvalue weighted by Gasteiger charge is 2.34. The number of rotatable bonds is 15. The molecule has 2 aliphatic heterocycles. The molecule has 40 heavy (non-hydrogen) atoms. The van der Waals surface area contributed by atoms with E-state index in [9.17, 15) is 8.78 Å². The third-order valence-electron chi connectivity index (χ3n) is 8.08. The Morgan fingerprint density at radius 1 is 0.850 bits per heavy atom. The fourth-order valence-corrected chi connectivity index (χ4v) is 6.14. The van der Waals surface area contributed by atoms with Crippen molar-refractivity contribution in [1.29, 1.82) is 0 Å². The quantitative estimate of drug-likeness (QED) is 0.267. The minimum absolute atomic E-state index is 0.0572. The normalized spacial score (nSPS) is 21.4. The summed E-state index contributed by atoms with van der Waals surface area (Å²) in [7, 11) is 3.37. The Bertz CT molecular complexity index is 1020. The maximum atomic E-state index is 15.0. The Morgan fingerprint density at radius 3 is 2.23 bits per heavy atom. The number of benzene rings is 2. The average molecular weight is 561 g/mol. The summed E-state index contributed by atoms with van der Waals surface area (Å²) in [6, 6.07) is 12.0. The van der Waals surface area contributed by atoms with Crippen LogP contribution in [0, 0.1) is 23.5 Å². The van der Waals surface area contributed by atoms with Crippen molar-refractivity contribution < 1.29 is 27.7 Å². The zero-order chi connectivity index (χ0) is 28.2. The van der Waals surface area contributed by atoms with Gasteiger partial charge in [0.15, 0.2) is 0 Å². The van der Waals surface area contributed by atoms with E-state index in [4.69, 9.17) is 18.9 Å². The summed E-state index contributed by atoms with van der Waals surface area (Å²) < 4.78 is 53.1. The number of piperidine rings is 2. The largest absolute Gasteiger partial charge is 0.385 e. The van der Waals surface area contributed by atoms with Crippen molar-refractivity contribution in [2.75, 3.05) is 71.7 Å². The monoisotopic (exact) mass is 560 g/mol. The smallest absolute Gasteiger partial charge is 0.129 e. The maximum absolute atomic E-state index is 15.0. The molecule has 1 N–H and O–H groups in total. The van der Waals surface area contributed by atoms with E-state index in [0.29, 0.717) is 44.5 Å². The lowest BCUT2D eigenvalue weighted by Gasteiger charge is -2.40. The number of ether oxygens (including phenoxy) is 4. The van der Waals surface area contributed by atoms with E-state index in [1.807, 2.05) is 18.2 Å². The van der Waals surface area contributed by atoms with Gasteiger partial charge in [-0.2, -0.15) is 0 Å². The molecule has 6 nitrogen and oxygen atoms in total. The number of hydrogen-bond acceptors (Lipinski definition) is 6.